The van der Waals surface area contributed by atoms with Crippen LogP contribution < -0.4 is 14.9 Å². The number of nitrogens with zero attached hydrogens (tertiary/aromatic N) is 1. The number of aliphatic hydroxyl groups excluding tert-OH is 2. The van der Waals surface area contributed by atoms with Gasteiger partial charge in [-0.3, -0.25) is 9.59 Å². The minimum Gasteiger partial charge on any atom is -0.462 e. The largest absolute Gasteiger partial charge is 0.462 e. The lowest BCUT2D eigenvalue weighted by molar-refractivity contribution is -0.173. The predicted molar refractivity (Wildman–Crippen MR) is 136 cm³/mol. The lowest BCUT2D eigenvalue weighted by atomic mass is 9.96. The summed E-state index contributed by atoms with van der Waals surface area (Å²) in [7, 11) is 0. The average Bonchev–Trinajstić information content (AvgIpc) is 3.02. The van der Waals surface area contributed by atoms with Crippen molar-refractivity contribution >= 4 is 30.3 Å². The standard InChI is InChI=1S/C23H34N3O9PS/c1-13(2)33-20(29)15(4)25-36(37,35-16-8-6-14(3)7-9-16)32-12-17-19(28)23(5,31)21(34-17)26-11-10-18(27)24-22(26)30/h6-11,13,15,17,19,21-22,28,30-31H,12H2,1-5H3,(H,24,27)(H,25,37)/t15?,17-,19-,21-,22?,23-,36?/m1/s1. The molecule has 206 valence electrons. The fourth-order valence-corrected chi connectivity index (χ4v) is 6.14. The molecule has 1 amide bonds. The molecule has 0 spiro atoms. The van der Waals surface area contributed by atoms with Gasteiger partial charge < -0.3 is 44.1 Å². The number of esters is 1. The minimum absolute atomic E-state index is 0.323. The van der Waals surface area contributed by atoms with Gasteiger partial charge in [-0.15, -0.1) is 0 Å². The highest BCUT2D eigenvalue weighted by Crippen LogP contribution is 2.46. The molecule has 37 heavy (non-hydrogen) atoms. The number of ether oxygens (including phenoxy) is 2. The van der Waals surface area contributed by atoms with Crippen LogP contribution in [-0.4, -0.2) is 81.2 Å². The first kappa shape index (κ1) is 29.5. The molecule has 2 aliphatic rings. The van der Waals surface area contributed by atoms with Crippen molar-refractivity contribution in [2.45, 2.75) is 77.2 Å². The molecular formula is C23H34N3O9PS. The van der Waals surface area contributed by atoms with Gasteiger partial charge in [-0.2, -0.15) is 0 Å². The van der Waals surface area contributed by atoms with E-state index in [1.165, 1.54) is 13.1 Å². The van der Waals surface area contributed by atoms with E-state index in [-0.39, 0.29) is 12.7 Å². The van der Waals surface area contributed by atoms with Crippen molar-refractivity contribution in [3.05, 3.63) is 42.1 Å². The number of amides is 1. The summed E-state index contributed by atoms with van der Waals surface area (Å²) in [6.07, 6.45) is -3.19. The Labute approximate surface area is 220 Å². The third-order valence-electron chi connectivity index (χ3n) is 5.69. The first-order valence-electron chi connectivity index (χ1n) is 11.7. The SMILES string of the molecule is Cc1ccc(OP(=S)(NC(C)C(=O)OC(C)C)OC[C@H]2O[C@@H](N3C=CC(=O)NC3O)[C@](C)(O)[C@@H]2O)cc1. The van der Waals surface area contributed by atoms with E-state index < -0.39 is 54.9 Å². The molecule has 1 aromatic rings. The van der Waals surface area contributed by atoms with Crippen LogP contribution in [0.15, 0.2) is 36.5 Å². The number of aliphatic hydroxyl groups is 3. The zero-order valence-electron chi connectivity index (χ0n) is 21.2. The van der Waals surface area contributed by atoms with Crippen molar-refractivity contribution in [2.24, 2.45) is 0 Å². The average molecular weight is 560 g/mol. The summed E-state index contributed by atoms with van der Waals surface area (Å²) in [6.45, 7) is 4.51. The van der Waals surface area contributed by atoms with Gasteiger partial charge in [0.2, 0.25) is 12.3 Å². The van der Waals surface area contributed by atoms with Crippen molar-refractivity contribution < 1.29 is 43.4 Å². The number of carbonyl (C=O) groups excluding carboxylic acids is 2. The normalized spacial score (nSPS) is 30.1. The lowest BCUT2D eigenvalue weighted by Crippen LogP contribution is -2.59. The number of benzene rings is 1. The van der Waals surface area contributed by atoms with Crippen LogP contribution in [-0.2, 0) is 35.4 Å². The molecule has 5 N–H and O–H groups in total. The van der Waals surface area contributed by atoms with Gasteiger partial charge in [0.15, 0.2) is 6.23 Å². The van der Waals surface area contributed by atoms with Crippen molar-refractivity contribution in [3.8, 4) is 5.75 Å². The molecule has 1 fully saturated rings. The zero-order valence-corrected chi connectivity index (χ0v) is 22.9. The highest BCUT2D eigenvalue weighted by atomic mass is 32.5. The Morgan fingerprint density at radius 3 is 2.54 bits per heavy atom. The molecule has 2 heterocycles. The van der Waals surface area contributed by atoms with Gasteiger partial charge in [0.1, 0.15) is 29.6 Å². The second-order valence-electron chi connectivity index (χ2n) is 9.38. The highest BCUT2D eigenvalue weighted by molar-refractivity contribution is 8.09. The summed E-state index contributed by atoms with van der Waals surface area (Å²) in [6, 6.07) is 6.19. The van der Waals surface area contributed by atoms with Gasteiger partial charge >= 0.3 is 12.6 Å². The summed E-state index contributed by atoms with van der Waals surface area (Å²) in [5.74, 6) is -0.665. The van der Waals surface area contributed by atoms with E-state index in [0.29, 0.717) is 5.75 Å². The van der Waals surface area contributed by atoms with Crippen molar-refractivity contribution in [2.75, 3.05) is 6.61 Å². The molecule has 7 atom stereocenters. The number of aryl methyl sites for hydroxylation is 1. The van der Waals surface area contributed by atoms with Crippen LogP contribution in [0.1, 0.15) is 33.3 Å². The Bertz CT molecular complexity index is 1050. The van der Waals surface area contributed by atoms with Crippen molar-refractivity contribution in [3.63, 3.8) is 0 Å². The molecule has 0 aliphatic carbocycles. The van der Waals surface area contributed by atoms with E-state index in [1.54, 1.807) is 32.9 Å². The van der Waals surface area contributed by atoms with E-state index in [4.69, 9.17) is 30.3 Å². The fourth-order valence-electron chi connectivity index (χ4n) is 3.72. The third-order valence-corrected chi connectivity index (χ3v) is 8.19. The molecule has 3 unspecified atom stereocenters. The number of nitrogens with one attached hydrogen (secondary N) is 2. The van der Waals surface area contributed by atoms with Crippen molar-refractivity contribution in [1.29, 1.82) is 0 Å². The highest BCUT2D eigenvalue weighted by Gasteiger charge is 2.55. The molecule has 0 bridgehead atoms. The topological polar surface area (TPSA) is 159 Å². The van der Waals surface area contributed by atoms with Crippen LogP contribution >= 0.6 is 6.64 Å². The lowest BCUT2D eigenvalue weighted by Gasteiger charge is -2.39. The Morgan fingerprint density at radius 2 is 1.95 bits per heavy atom. The number of hydrogen-bond acceptors (Lipinski definition) is 11. The monoisotopic (exact) mass is 559 g/mol. The molecule has 3 rings (SSSR count). The Balaban J connectivity index is 1.77. The molecule has 12 nitrogen and oxygen atoms in total. The van der Waals surface area contributed by atoms with E-state index in [9.17, 15) is 24.9 Å². The van der Waals surface area contributed by atoms with Gasteiger partial charge in [0.05, 0.1) is 12.7 Å². The maximum absolute atomic E-state index is 12.4. The molecular weight excluding hydrogens is 525 g/mol. The number of rotatable bonds is 10. The van der Waals surface area contributed by atoms with Gasteiger partial charge in [0.25, 0.3) is 0 Å². The van der Waals surface area contributed by atoms with E-state index >= 15 is 0 Å². The fraction of sp³-hybridized carbons (Fsp3) is 0.565. The zero-order chi connectivity index (χ0) is 27.5. The smallest absolute Gasteiger partial charge is 0.323 e. The number of hydrogen-bond donors (Lipinski definition) is 5. The molecule has 14 heteroatoms. The second-order valence-corrected chi connectivity index (χ2v) is 12.5. The first-order valence-corrected chi connectivity index (χ1v) is 14.3. The molecule has 0 saturated carbocycles. The van der Waals surface area contributed by atoms with Gasteiger partial charge in [-0.05, 0) is 58.6 Å². The minimum atomic E-state index is -3.43. The van der Waals surface area contributed by atoms with Crippen LogP contribution in [0, 0.1) is 6.92 Å². The van der Waals surface area contributed by atoms with Gasteiger partial charge in [0, 0.05) is 12.3 Å². The summed E-state index contributed by atoms with van der Waals surface area (Å²) in [5.41, 5.74) is -0.854. The van der Waals surface area contributed by atoms with Crippen LogP contribution in [0.25, 0.3) is 0 Å². The van der Waals surface area contributed by atoms with Gasteiger partial charge in [-0.25, -0.2) is 5.09 Å². The third kappa shape index (κ3) is 7.27. The van der Waals surface area contributed by atoms with Crippen molar-refractivity contribution in [1.82, 2.24) is 15.3 Å². The molecule has 1 aromatic carbocycles. The maximum atomic E-state index is 12.4. The summed E-state index contributed by atoms with van der Waals surface area (Å²) in [4.78, 5) is 25.1. The summed E-state index contributed by atoms with van der Waals surface area (Å²) >= 11 is 5.68. The quantitative estimate of drug-likeness (QED) is 0.201. The molecule has 0 radical (unpaired) electrons. The van der Waals surface area contributed by atoms with Gasteiger partial charge in [-0.1, -0.05) is 17.7 Å². The van der Waals surface area contributed by atoms with E-state index in [2.05, 4.69) is 10.4 Å². The Kier molecular flexibility index (Phi) is 9.36. The maximum Gasteiger partial charge on any atom is 0.323 e. The van der Waals surface area contributed by atoms with Crippen LogP contribution in [0.4, 0.5) is 0 Å². The van der Waals surface area contributed by atoms with Crippen LogP contribution in [0.2, 0.25) is 0 Å². The molecule has 2 aliphatic heterocycles. The first-order chi connectivity index (χ1) is 17.2. The summed E-state index contributed by atoms with van der Waals surface area (Å²) < 4.78 is 23.0. The van der Waals surface area contributed by atoms with E-state index in [1.807, 2.05) is 19.1 Å². The number of carbonyl (C=O) groups is 2. The Morgan fingerprint density at radius 1 is 1.30 bits per heavy atom. The summed E-state index contributed by atoms with van der Waals surface area (Å²) in [5, 5.41) is 37.2. The van der Waals surface area contributed by atoms with Crippen LogP contribution in [0.3, 0.4) is 0 Å². The van der Waals surface area contributed by atoms with Crippen LogP contribution in [0.5, 0.6) is 5.75 Å². The molecule has 0 aromatic heterocycles. The Hall–Kier alpha value is -2.09. The predicted octanol–water partition coefficient (Wildman–Crippen LogP) is 0.603. The van der Waals surface area contributed by atoms with E-state index in [0.717, 1.165) is 16.5 Å². The second kappa shape index (κ2) is 11.7. The molecule has 1 saturated heterocycles.